The lowest BCUT2D eigenvalue weighted by Crippen LogP contribution is -2.54. The lowest BCUT2D eigenvalue weighted by molar-refractivity contribution is -0.0812. The third-order valence-electron chi connectivity index (χ3n) is 10.4. The van der Waals surface area contributed by atoms with Gasteiger partial charge in [0, 0.05) is 0 Å². The quantitative estimate of drug-likeness (QED) is 0.370. The number of benzene rings is 1. The number of allylic oxidation sites excluding steroid dienone is 1. The summed E-state index contributed by atoms with van der Waals surface area (Å²) in [5.41, 5.74) is 2.89. The molecule has 182 valence electrons. The highest BCUT2D eigenvalue weighted by Gasteiger charge is 2.63. The minimum Gasteiger partial charge on any atom is -0.508 e. The SMILES string of the molecule is C=CC12CCc3cc(O)ccc3[C@H]1[C@@H](CCCCCN1CCCCC1)C[C@]1(C)[C@@H](O)CC[C@@H]21. The molecule has 33 heavy (non-hydrogen) atoms. The molecule has 0 spiro atoms. The van der Waals surface area contributed by atoms with E-state index in [1.807, 2.05) is 12.1 Å². The van der Waals surface area contributed by atoms with E-state index in [2.05, 4.69) is 30.5 Å². The number of aliphatic hydroxyl groups is 1. The van der Waals surface area contributed by atoms with Crippen molar-refractivity contribution in [3.8, 4) is 5.75 Å². The number of hydrogen-bond donors (Lipinski definition) is 2. The van der Waals surface area contributed by atoms with E-state index >= 15 is 0 Å². The third kappa shape index (κ3) is 4.08. The van der Waals surface area contributed by atoms with Crippen molar-refractivity contribution in [1.29, 1.82) is 0 Å². The van der Waals surface area contributed by atoms with Crippen LogP contribution in [-0.2, 0) is 6.42 Å². The smallest absolute Gasteiger partial charge is 0.115 e. The van der Waals surface area contributed by atoms with Crippen molar-refractivity contribution in [3.05, 3.63) is 42.0 Å². The number of rotatable bonds is 7. The summed E-state index contributed by atoms with van der Waals surface area (Å²) in [6, 6.07) is 6.12. The van der Waals surface area contributed by atoms with Gasteiger partial charge in [0.1, 0.15) is 5.75 Å². The molecule has 3 aliphatic carbocycles. The Labute approximate surface area is 201 Å². The van der Waals surface area contributed by atoms with Crippen molar-refractivity contribution in [2.75, 3.05) is 19.6 Å². The number of unbranched alkanes of at least 4 members (excludes halogenated alkanes) is 2. The van der Waals surface area contributed by atoms with Crippen LogP contribution in [0.1, 0.15) is 94.6 Å². The second-order valence-electron chi connectivity index (χ2n) is 12.0. The van der Waals surface area contributed by atoms with Gasteiger partial charge in [0.25, 0.3) is 0 Å². The number of piperidine rings is 1. The first kappa shape index (κ1) is 23.4. The molecule has 0 amide bonds. The zero-order chi connectivity index (χ0) is 23.1. The number of fused-ring (bicyclic) bond motifs is 5. The van der Waals surface area contributed by atoms with Gasteiger partial charge >= 0.3 is 0 Å². The Kier molecular flexibility index (Phi) is 6.66. The van der Waals surface area contributed by atoms with E-state index in [4.69, 9.17) is 0 Å². The minimum absolute atomic E-state index is 0.0115. The van der Waals surface area contributed by atoms with E-state index < -0.39 is 0 Å². The van der Waals surface area contributed by atoms with Crippen LogP contribution in [0.4, 0.5) is 0 Å². The Morgan fingerprint density at radius 3 is 2.73 bits per heavy atom. The van der Waals surface area contributed by atoms with Gasteiger partial charge in [-0.2, -0.15) is 0 Å². The van der Waals surface area contributed by atoms with Crippen LogP contribution >= 0.6 is 0 Å². The number of aromatic hydroxyl groups is 1. The molecule has 1 aliphatic heterocycles. The molecule has 1 heterocycles. The maximum absolute atomic E-state index is 11.1. The number of likely N-dealkylation sites (tertiary alicyclic amines) is 1. The first-order chi connectivity index (χ1) is 16.0. The lowest BCUT2D eigenvalue weighted by atomic mass is 9.44. The van der Waals surface area contributed by atoms with E-state index in [-0.39, 0.29) is 16.9 Å². The highest BCUT2D eigenvalue weighted by atomic mass is 16.3. The number of phenols is 1. The monoisotopic (exact) mass is 451 g/mol. The molecule has 1 saturated heterocycles. The van der Waals surface area contributed by atoms with Crippen molar-refractivity contribution in [2.45, 2.75) is 96.0 Å². The van der Waals surface area contributed by atoms with Crippen LogP contribution in [0, 0.1) is 22.7 Å². The maximum atomic E-state index is 11.1. The van der Waals surface area contributed by atoms with E-state index in [9.17, 15) is 10.2 Å². The topological polar surface area (TPSA) is 43.7 Å². The van der Waals surface area contributed by atoms with Gasteiger partial charge in [0.2, 0.25) is 0 Å². The molecule has 3 fully saturated rings. The second-order valence-corrected chi connectivity index (χ2v) is 12.0. The molecular formula is C30H45NO2. The highest BCUT2D eigenvalue weighted by Crippen LogP contribution is 2.69. The predicted octanol–water partition coefficient (Wildman–Crippen LogP) is 6.44. The summed E-state index contributed by atoms with van der Waals surface area (Å²) in [5.74, 6) is 1.96. The summed E-state index contributed by atoms with van der Waals surface area (Å²) < 4.78 is 0. The molecule has 3 nitrogen and oxygen atoms in total. The molecule has 2 saturated carbocycles. The summed E-state index contributed by atoms with van der Waals surface area (Å²) in [6.45, 7) is 10.7. The van der Waals surface area contributed by atoms with Gasteiger partial charge in [0.05, 0.1) is 6.10 Å². The van der Waals surface area contributed by atoms with Crippen LogP contribution in [0.25, 0.3) is 0 Å². The molecule has 0 radical (unpaired) electrons. The molecule has 2 N–H and O–H groups in total. The van der Waals surface area contributed by atoms with Crippen molar-refractivity contribution in [2.24, 2.45) is 22.7 Å². The highest BCUT2D eigenvalue weighted by molar-refractivity contribution is 5.43. The number of hydrogen-bond acceptors (Lipinski definition) is 3. The number of phenolic OH excluding ortho intramolecular Hbond substituents is 1. The first-order valence-electron chi connectivity index (χ1n) is 13.8. The van der Waals surface area contributed by atoms with E-state index in [0.29, 0.717) is 23.5 Å². The van der Waals surface area contributed by atoms with Gasteiger partial charge in [-0.1, -0.05) is 38.3 Å². The van der Waals surface area contributed by atoms with Crippen molar-refractivity contribution < 1.29 is 10.2 Å². The van der Waals surface area contributed by atoms with Crippen LogP contribution in [0.2, 0.25) is 0 Å². The standard InChI is InChI=1S/C30H45NO2/c1-3-30-16-15-22-20-24(32)11-12-25(22)28(30)23(21-29(2)26(30)13-14-27(29)33)10-6-4-7-17-31-18-8-5-9-19-31/h3,11-12,20,23,26-28,32-33H,1,4-10,13-19,21H2,2H3/t23-,26+,27-,28+,29-,30?/m0/s1. The fraction of sp³-hybridized carbons (Fsp3) is 0.733. The zero-order valence-corrected chi connectivity index (χ0v) is 20.8. The van der Waals surface area contributed by atoms with Crippen LogP contribution in [0.5, 0.6) is 5.75 Å². The Morgan fingerprint density at radius 1 is 1.12 bits per heavy atom. The van der Waals surface area contributed by atoms with Crippen LogP contribution in [0.3, 0.4) is 0 Å². The average molecular weight is 452 g/mol. The summed E-state index contributed by atoms with van der Waals surface area (Å²) in [7, 11) is 0. The van der Waals surface area contributed by atoms with Crippen molar-refractivity contribution >= 4 is 0 Å². The predicted molar refractivity (Wildman–Crippen MR) is 136 cm³/mol. The third-order valence-corrected chi connectivity index (χ3v) is 10.4. The summed E-state index contributed by atoms with van der Waals surface area (Å²) in [6.07, 6.45) is 16.8. The molecule has 1 aromatic carbocycles. The largest absolute Gasteiger partial charge is 0.508 e. The van der Waals surface area contributed by atoms with Gasteiger partial charge in [-0.3, -0.25) is 0 Å². The molecule has 1 unspecified atom stereocenters. The lowest BCUT2D eigenvalue weighted by Gasteiger charge is -2.60. The fourth-order valence-corrected chi connectivity index (χ4v) is 8.79. The molecule has 5 rings (SSSR count). The normalized spacial score (nSPS) is 38.4. The molecule has 4 aliphatic rings. The van der Waals surface area contributed by atoms with Gasteiger partial charge in [-0.05, 0) is 129 Å². The Morgan fingerprint density at radius 2 is 1.94 bits per heavy atom. The van der Waals surface area contributed by atoms with Crippen molar-refractivity contribution in [3.63, 3.8) is 0 Å². The summed E-state index contributed by atoms with van der Waals surface area (Å²) >= 11 is 0. The van der Waals surface area contributed by atoms with Gasteiger partial charge in [-0.15, -0.1) is 6.58 Å². The molecule has 0 aromatic heterocycles. The van der Waals surface area contributed by atoms with Crippen LogP contribution < -0.4 is 0 Å². The summed E-state index contributed by atoms with van der Waals surface area (Å²) in [4.78, 5) is 2.66. The molecule has 6 atom stereocenters. The van der Waals surface area contributed by atoms with E-state index in [1.165, 1.54) is 75.7 Å². The van der Waals surface area contributed by atoms with E-state index in [1.54, 1.807) is 0 Å². The Hall–Kier alpha value is -1.32. The van der Waals surface area contributed by atoms with Gasteiger partial charge in [-0.25, -0.2) is 0 Å². The molecule has 1 aromatic rings. The molecular weight excluding hydrogens is 406 g/mol. The second kappa shape index (κ2) is 9.38. The van der Waals surface area contributed by atoms with Crippen LogP contribution in [0.15, 0.2) is 30.9 Å². The summed E-state index contributed by atoms with van der Waals surface area (Å²) in [5, 5.41) is 21.3. The minimum atomic E-state index is -0.178. The maximum Gasteiger partial charge on any atom is 0.115 e. The van der Waals surface area contributed by atoms with Crippen LogP contribution in [-0.4, -0.2) is 40.9 Å². The Balaban J connectivity index is 1.36. The number of nitrogens with zero attached hydrogens (tertiary/aromatic N) is 1. The van der Waals surface area contributed by atoms with Crippen molar-refractivity contribution in [1.82, 2.24) is 4.90 Å². The van der Waals surface area contributed by atoms with E-state index in [0.717, 1.165) is 32.1 Å². The Bertz CT molecular complexity index is 846. The average Bonchev–Trinajstić information content (AvgIpc) is 3.13. The molecule has 3 heteroatoms. The zero-order valence-electron chi connectivity index (χ0n) is 20.8. The number of aryl methyl sites for hydroxylation is 1. The molecule has 0 bridgehead atoms. The number of aliphatic hydroxyl groups excluding tert-OH is 1. The first-order valence-corrected chi connectivity index (χ1v) is 13.8. The van der Waals surface area contributed by atoms with Gasteiger partial charge in [0.15, 0.2) is 0 Å². The fourth-order valence-electron chi connectivity index (χ4n) is 8.79. The van der Waals surface area contributed by atoms with Gasteiger partial charge < -0.3 is 15.1 Å².